The molecule has 5 heteroatoms. The Morgan fingerprint density at radius 3 is 2.74 bits per heavy atom. The molecule has 4 rings (SSSR count). The van der Waals surface area contributed by atoms with Crippen LogP contribution < -0.4 is 10.1 Å². The molecule has 0 radical (unpaired) electrons. The monoisotopic (exact) mass is 311 g/mol. The SMILES string of the molecule is Fc1cccc(-n2nc(OC3CCNCC3)c3ccccc32)c1. The van der Waals surface area contributed by atoms with Crippen LogP contribution in [0.4, 0.5) is 4.39 Å². The molecule has 118 valence electrons. The first-order valence-corrected chi connectivity index (χ1v) is 7.92. The summed E-state index contributed by atoms with van der Waals surface area (Å²) in [5, 5.41) is 8.88. The van der Waals surface area contributed by atoms with E-state index in [1.165, 1.54) is 12.1 Å². The highest BCUT2D eigenvalue weighted by molar-refractivity contribution is 5.86. The average Bonchev–Trinajstić information content (AvgIpc) is 2.95. The Morgan fingerprint density at radius 1 is 1.09 bits per heavy atom. The lowest BCUT2D eigenvalue weighted by atomic mass is 10.1. The van der Waals surface area contributed by atoms with Crippen molar-refractivity contribution >= 4 is 10.9 Å². The van der Waals surface area contributed by atoms with Crippen LogP contribution in [0.3, 0.4) is 0 Å². The molecule has 3 aromatic rings. The Balaban J connectivity index is 1.76. The molecule has 0 unspecified atom stereocenters. The second kappa shape index (κ2) is 6.01. The van der Waals surface area contributed by atoms with Gasteiger partial charge in [0, 0.05) is 0 Å². The Hall–Kier alpha value is -2.40. The van der Waals surface area contributed by atoms with E-state index in [9.17, 15) is 4.39 Å². The number of hydrogen-bond acceptors (Lipinski definition) is 3. The second-order valence-electron chi connectivity index (χ2n) is 5.78. The molecule has 0 amide bonds. The van der Waals surface area contributed by atoms with Gasteiger partial charge in [-0.25, -0.2) is 9.07 Å². The topological polar surface area (TPSA) is 39.1 Å². The van der Waals surface area contributed by atoms with Crippen molar-refractivity contribution in [2.75, 3.05) is 13.1 Å². The smallest absolute Gasteiger partial charge is 0.241 e. The van der Waals surface area contributed by atoms with Gasteiger partial charge in [0.1, 0.15) is 11.9 Å². The number of benzene rings is 2. The van der Waals surface area contributed by atoms with Crippen LogP contribution in [0.2, 0.25) is 0 Å². The van der Waals surface area contributed by atoms with Crippen LogP contribution in [-0.4, -0.2) is 29.0 Å². The van der Waals surface area contributed by atoms with Gasteiger partial charge in [0.05, 0.1) is 16.6 Å². The number of fused-ring (bicyclic) bond motifs is 1. The number of ether oxygens (including phenoxy) is 1. The Bertz CT molecular complexity index is 824. The predicted octanol–water partition coefficient (Wildman–Crippen LogP) is 3.30. The van der Waals surface area contributed by atoms with Gasteiger partial charge in [0.25, 0.3) is 0 Å². The molecule has 2 aromatic carbocycles. The van der Waals surface area contributed by atoms with Gasteiger partial charge in [-0.1, -0.05) is 18.2 Å². The molecule has 1 aliphatic rings. The summed E-state index contributed by atoms with van der Waals surface area (Å²) in [5.74, 6) is 0.347. The quantitative estimate of drug-likeness (QED) is 0.807. The zero-order valence-electron chi connectivity index (χ0n) is 12.7. The van der Waals surface area contributed by atoms with E-state index in [1.807, 2.05) is 30.3 Å². The van der Waals surface area contributed by atoms with Gasteiger partial charge < -0.3 is 10.1 Å². The molecule has 1 N–H and O–H groups in total. The van der Waals surface area contributed by atoms with E-state index in [4.69, 9.17) is 4.74 Å². The highest BCUT2D eigenvalue weighted by atomic mass is 19.1. The van der Waals surface area contributed by atoms with Gasteiger partial charge in [-0.2, -0.15) is 0 Å². The predicted molar refractivity (Wildman–Crippen MR) is 87.5 cm³/mol. The Labute approximate surface area is 133 Å². The third-order valence-electron chi connectivity index (χ3n) is 4.17. The molecular formula is C18H18FN3O. The van der Waals surface area contributed by atoms with Gasteiger partial charge in [-0.15, -0.1) is 5.10 Å². The normalized spacial score (nSPS) is 15.9. The second-order valence-corrected chi connectivity index (χ2v) is 5.78. The maximum absolute atomic E-state index is 13.6. The summed E-state index contributed by atoms with van der Waals surface area (Å²) in [5.41, 5.74) is 1.61. The van der Waals surface area contributed by atoms with Crippen molar-refractivity contribution in [3.05, 3.63) is 54.3 Å². The summed E-state index contributed by atoms with van der Waals surface area (Å²) >= 11 is 0. The first kappa shape index (κ1) is 14.2. The summed E-state index contributed by atoms with van der Waals surface area (Å²) in [7, 11) is 0. The van der Waals surface area contributed by atoms with Crippen LogP contribution in [0.1, 0.15) is 12.8 Å². The van der Waals surface area contributed by atoms with Gasteiger partial charge in [-0.3, -0.25) is 0 Å². The summed E-state index contributed by atoms with van der Waals surface area (Å²) < 4.78 is 21.4. The maximum Gasteiger partial charge on any atom is 0.241 e. The fourth-order valence-corrected chi connectivity index (χ4v) is 3.00. The van der Waals surface area contributed by atoms with Crippen molar-refractivity contribution in [3.63, 3.8) is 0 Å². The molecule has 2 heterocycles. The van der Waals surface area contributed by atoms with Gasteiger partial charge in [0.2, 0.25) is 5.88 Å². The van der Waals surface area contributed by atoms with Crippen LogP contribution in [-0.2, 0) is 0 Å². The van der Waals surface area contributed by atoms with Crippen LogP contribution in [0.15, 0.2) is 48.5 Å². The van der Waals surface area contributed by atoms with E-state index >= 15 is 0 Å². The zero-order chi connectivity index (χ0) is 15.6. The fourth-order valence-electron chi connectivity index (χ4n) is 3.00. The number of nitrogens with one attached hydrogen (secondary N) is 1. The van der Waals surface area contributed by atoms with Crippen molar-refractivity contribution in [1.82, 2.24) is 15.1 Å². The molecule has 1 aliphatic heterocycles. The van der Waals surface area contributed by atoms with E-state index in [-0.39, 0.29) is 11.9 Å². The van der Waals surface area contributed by atoms with Gasteiger partial charge >= 0.3 is 0 Å². The van der Waals surface area contributed by atoms with E-state index in [0.717, 1.165) is 36.8 Å². The third kappa shape index (κ3) is 2.80. The highest BCUT2D eigenvalue weighted by Gasteiger charge is 2.19. The summed E-state index contributed by atoms with van der Waals surface area (Å²) in [6, 6.07) is 14.3. The number of nitrogens with zero attached hydrogens (tertiary/aromatic N) is 2. The van der Waals surface area contributed by atoms with E-state index in [0.29, 0.717) is 11.6 Å². The Morgan fingerprint density at radius 2 is 1.91 bits per heavy atom. The van der Waals surface area contributed by atoms with Crippen LogP contribution in [0.25, 0.3) is 16.6 Å². The number of halogens is 1. The van der Waals surface area contributed by atoms with E-state index in [1.54, 1.807) is 10.7 Å². The van der Waals surface area contributed by atoms with Gasteiger partial charge in [0.15, 0.2) is 0 Å². The average molecular weight is 311 g/mol. The molecule has 0 atom stereocenters. The molecule has 0 bridgehead atoms. The molecule has 4 nitrogen and oxygen atoms in total. The molecule has 23 heavy (non-hydrogen) atoms. The van der Waals surface area contributed by atoms with Crippen molar-refractivity contribution in [1.29, 1.82) is 0 Å². The molecule has 0 saturated carbocycles. The number of hydrogen-bond donors (Lipinski definition) is 1. The summed E-state index contributed by atoms with van der Waals surface area (Å²) in [6.45, 7) is 1.93. The molecular weight excluding hydrogens is 293 g/mol. The molecule has 0 spiro atoms. The van der Waals surface area contributed by atoms with Crippen LogP contribution >= 0.6 is 0 Å². The van der Waals surface area contributed by atoms with E-state index < -0.39 is 0 Å². The first-order chi connectivity index (χ1) is 11.3. The zero-order valence-corrected chi connectivity index (χ0v) is 12.7. The number of aromatic nitrogens is 2. The third-order valence-corrected chi connectivity index (χ3v) is 4.17. The minimum atomic E-state index is -0.275. The van der Waals surface area contributed by atoms with Crippen molar-refractivity contribution in [2.45, 2.75) is 18.9 Å². The summed E-state index contributed by atoms with van der Waals surface area (Å²) in [4.78, 5) is 0. The van der Waals surface area contributed by atoms with Crippen LogP contribution in [0.5, 0.6) is 5.88 Å². The minimum absolute atomic E-state index is 0.176. The lowest BCUT2D eigenvalue weighted by Crippen LogP contribution is -2.34. The molecule has 1 aromatic heterocycles. The summed E-state index contributed by atoms with van der Waals surface area (Å²) in [6.07, 6.45) is 2.12. The number of piperidine rings is 1. The van der Waals surface area contributed by atoms with Crippen molar-refractivity contribution in [2.24, 2.45) is 0 Å². The lowest BCUT2D eigenvalue weighted by Gasteiger charge is -2.22. The molecule has 1 fully saturated rings. The maximum atomic E-state index is 13.6. The first-order valence-electron chi connectivity index (χ1n) is 7.92. The number of rotatable bonds is 3. The highest BCUT2D eigenvalue weighted by Crippen LogP contribution is 2.29. The van der Waals surface area contributed by atoms with E-state index in [2.05, 4.69) is 10.4 Å². The molecule has 0 aliphatic carbocycles. The van der Waals surface area contributed by atoms with Gasteiger partial charge in [-0.05, 0) is 56.3 Å². The largest absolute Gasteiger partial charge is 0.473 e. The number of para-hydroxylation sites is 1. The Kier molecular flexibility index (Phi) is 3.71. The fraction of sp³-hybridized carbons (Fsp3) is 0.278. The standard InChI is InChI=1S/C18H18FN3O/c19-13-4-3-5-14(12-13)22-17-7-2-1-6-16(17)18(21-22)23-15-8-10-20-11-9-15/h1-7,12,15,20H,8-11H2. The van der Waals surface area contributed by atoms with Crippen LogP contribution in [0, 0.1) is 5.82 Å². The minimum Gasteiger partial charge on any atom is -0.473 e. The molecule has 1 saturated heterocycles. The van der Waals surface area contributed by atoms with Crippen molar-refractivity contribution in [3.8, 4) is 11.6 Å². The van der Waals surface area contributed by atoms with Crippen molar-refractivity contribution < 1.29 is 9.13 Å². The lowest BCUT2D eigenvalue weighted by molar-refractivity contribution is 0.157.